The topological polar surface area (TPSA) is 76.2 Å². The van der Waals surface area contributed by atoms with Gasteiger partial charge in [0.1, 0.15) is 5.60 Å². The molecule has 0 aromatic heterocycles. The number of hydrogen-bond donors (Lipinski definition) is 0. The number of allylic oxidation sites excluding steroid dienone is 1. The van der Waals surface area contributed by atoms with Crippen molar-refractivity contribution in [1.29, 1.82) is 0 Å². The molecule has 6 nitrogen and oxygen atoms in total. The van der Waals surface area contributed by atoms with Crippen LogP contribution in [0.3, 0.4) is 0 Å². The molecule has 1 aromatic carbocycles. The van der Waals surface area contributed by atoms with Gasteiger partial charge in [-0.3, -0.25) is 19.3 Å². The van der Waals surface area contributed by atoms with E-state index in [1.165, 1.54) is 10.5 Å². The fourth-order valence-corrected chi connectivity index (χ4v) is 6.34. The number of epoxide rings is 1. The van der Waals surface area contributed by atoms with Crippen molar-refractivity contribution in [2.24, 2.45) is 11.3 Å². The van der Waals surface area contributed by atoms with E-state index in [0.29, 0.717) is 24.0 Å². The van der Waals surface area contributed by atoms with Crippen LogP contribution >= 0.6 is 0 Å². The van der Waals surface area contributed by atoms with Gasteiger partial charge in [0.05, 0.1) is 22.8 Å². The summed E-state index contributed by atoms with van der Waals surface area (Å²) in [6, 6.07) is 6.89. The number of amides is 2. The minimum atomic E-state index is -0.975. The van der Waals surface area contributed by atoms with Crippen molar-refractivity contribution in [3.05, 3.63) is 47.0 Å². The van der Waals surface area contributed by atoms with Crippen LogP contribution in [0.15, 0.2) is 35.9 Å². The summed E-state index contributed by atoms with van der Waals surface area (Å²) in [5, 5.41) is 0. The number of hydrogen-bond acceptors (Lipinski definition) is 5. The van der Waals surface area contributed by atoms with Crippen molar-refractivity contribution in [1.82, 2.24) is 4.90 Å². The largest absolute Gasteiger partial charge is 0.369 e. The molecule has 3 fully saturated rings. The van der Waals surface area contributed by atoms with Crippen LogP contribution in [0.4, 0.5) is 0 Å². The molecule has 0 spiro atoms. The van der Waals surface area contributed by atoms with Gasteiger partial charge in [-0.25, -0.2) is 0 Å². The highest BCUT2D eigenvalue weighted by Crippen LogP contribution is 2.78. The minimum Gasteiger partial charge on any atom is -0.369 e. The number of ketones is 1. The van der Waals surface area contributed by atoms with Crippen molar-refractivity contribution in [2.75, 3.05) is 13.7 Å². The Kier molecular flexibility index (Phi) is 4.00. The van der Waals surface area contributed by atoms with E-state index in [1.807, 2.05) is 6.92 Å². The Morgan fingerprint density at radius 3 is 2.40 bits per heavy atom. The molecule has 0 bridgehead atoms. The summed E-state index contributed by atoms with van der Waals surface area (Å²) in [5.41, 5.74) is 0.0356. The van der Waals surface area contributed by atoms with Crippen LogP contribution in [0.1, 0.15) is 60.7 Å². The fourth-order valence-electron chi connectivity index (χ4n) is 6.34. The van der Waals surface area contributed by atoms with Gasteiger partial charge in [0.25, 0.3) is 11.8 Å². The summed E-state index contributed by atoms with van der Waals surface area (Å²) in [4.78, 5) is 40.3. The summed E-state index contributed by atoms with van der Waals surface area (Å²) >= 11 is 0. The van der Waals surface area contributed by atoms with Crippen LogP contribution in [0.25, 0.3) is 0 Å². The number of methoxy groups -OCH3 is 1. The number of fused-ring (bicyclic) bond motifs is 2. The van der Waals surface area contributed by atoms with Crippen molar-refractivity contribution < 1.29 is 23.9 Å². The second kappa shape index (κ2) is 6.11. The molecule has 2 aliphatic heterocycles. The Morgan fingerprint density at radius 2 is 1.83 bits per heavy atom. The van der Waals surface area contributed by atoms with Gasteiger partial charge in [-0.05, 0) is 45.7 Å². The van der Waals surface area contributed by atoms with Crippen molar-refractivity contribution >= 4 is 17.6 Å². The first-order chi connectivity index (χ1) is 14.2. The van der Waals surface area contributed by atoms with Crippen molar-refractivity contribution in [3.63, 3.8) is 0 Å². The van der Waals surface area contributed by atoms with Crippen LogP contribution in [0.2, 0.25) is 0 Å². The maximum atomic E-state index is 13.0. The third-order valence-corrected chi connectivity index (χ3v) is 7.76. The van der Waals surface area contributed by atoms with Gasteiger partial charge in [-0.2, -0.15) is 0 Å². The lowest BCUT2D eigenvalue weighted by atomic mass is 9.88. The third kappa shape index (κ3) is 2.24. The molecule has 1 saturated heterocycles. The molecule has 30 heavy (non-hydrogen) atoms. The maximum Gasteiger partial charge on any atom is 0.261 e. The maximum absolute atomic E-state index is 13.0. The van der Waals surface area contributed by atoms with Crippen LogP contribution in [-0.2, 0) is 14.3 Å². The van der Waals surface area contributed by atoms with Gasteiger partial charge in [0.2, 0.25) is 0 Å². The predicted molar refractivity (Wildman–Crippen MR) is 109 cm³/mol. The zero-order valence-corrected chi connectivity index (χ0v) is 17.9. The van der Waals surface area contributed by atoms with Gasteiger partial charge in [0.15, 0.2) is 5.78 Å². The molecule has 0 N–H and O–H groups in total. The molecular weight excluding hydrogens is 382 g/mol. The Morgan fingerprint density at radius 1 is 1.20 bits per heavy atom. The summed E-state index contributed by atoms with van der Waals surface area (Å²) in [5.74, 6) is -0.682. The van der Waals surface area contributed by atoms with Gasteiger partial charge in [0, 0.05) is 31.4 Å². The van der Waals surface area contributed by atoms with E-state index in [9.17, 15) is 14.4 Å². The van der Waals surface area contributed by atoms with Gasteiger partial charge >= 0.3 is 0 Å². The number of benzene rings is 1. The first kappa shape index (κ1) is 19.6. The Balaban J connectivity index is 1.47. The van der Waals surface area contributed by atoms with Gasteiger partial charge < -0.3 is 9.47 Å². The number of carbonyl (C=O) groups is 3. The standard InChI is InChI=1S/C24H27NO5/c1-14(2)9-10-18-22(3,30-18)21-23(12-11-17(26)24(21,23)29-4)13-25-19(27)15-7-5-6-8-16(15)20(25)28/h5-9,18,21H,10-13H2,1-4H3/t18-,21?,22+,23-,24+/m1/s1. The second-order valence-corrected chi connectivity index (χ2v) is 9.50. The molecule has 2 aliphatic carbocycles. The smallest absolute Gasteiger partial charge is 0.261 e. The van der Waals surface area contributed by atoms with Crippen molar-refractivity contribution in [2.45, 2.75) is 57.3 Å². The zero-order chi connectivity index (χ0) is 21.5. The molecule has 4 aliphatic rings. The quantitative estimate of drug-likeness (QED) is 0.410. The Bertz CT molecular complexity index is 976. The summed E-state index contributed by atoms with van der Waals surface area (Å²) in [7, 11) is 1.57. The van der Waals surface area contributed by atoms with E-state index in [2.05, 4.69) is 19.9 Å². The number of imide groups is 1. The Labute approximate surface area is 176 Å². The molecule has 2 saturated carbocycles. The number of rotatable bonds is 6. The molecule has 158 valence electrons. The molecule has 2 amide bonds. The molecule has 2 heterocycles. The summed E-state index contributed by atoms with van der Waals surface area (Å²) in [6.45, 7) is 6.33. The lowest BCUT2D eigenvalue weighted by Gasteiger charge is -2.23. The monoisotopic (exact) mass is 409 g/mol. The van der Waals surface area contributed by atoms with E-state index in [1.54, 1.807) is 31.4 Å². The van der Waals surface area contributed by atoms with Crippen LogP contribution in [0, 0.1) is 11.3 Å². The molecule has 0 radical (unpaired) electrons. The molecule has 5 rings (SSSR count). The number of ether oxygens (including phenoxy) is 2. The van der Waals surface area contributed by atoms with E-state index < -0.39 is 16.6 Å². The van der Waals surface area contributed by atoms with E-state index >= 15 is 0 Å². The zero-order valence-electron chi connectivity index (χ0n) is 17.9. The number of carbonyl (C=O) groups excluding carboxylic acids is 3. The predicted octanol–water partition coefficient (Wildman–Crippen LogP) is 3.16. The highest BCUT2D eigenvalue weighted by Gasteiger charge is 2.91. The van der Waals surface area contributed by atoms with E-state index in [4.69, 9.17) is 9.47 Å². The molecule has 5 atom stereocenters. The fraction of sp³-hybridized carbons (Fsp3) is 0.542. The Hall–Kier alpha value is -2.31. The summed E-state index contributed by atoms with van der Waals surface area (Å²) < 4.78 is 12.0. The molecule has 6 heteroatoms. The molecule has 1 unspecified atom stereocenters. The molecular formula is C24H27NO5. The average Bonchev–Trinajstić information content (AvgIpc) is 3.51. The van der Waals surface area contributed by atoms with Gasteiger partial charge in [-0.15, -0.1) is 0 Å². The lowest BCUT2D eigenvalue weighted by Crippen LogP contribution is -2.38. The van der Waals surface area contributed by atoms with Crippen LogP contribution in [0.5, 0.6) is 0 Å². The second-order valence-electron chi connectivity index (χ2n) is 9.50. The first-order valence-electron chi connectivity index (χ1n) is 10.6. The normalized spacial score (nSPS) is 38.5. The van der Waals surface area contributed by atoms with Crippen LogP contribution < -0.4 is 0 Å². The van der Waals surface area contributed by atoms with E-state index in [-0.39, 0.29) is 36.2 Å². The number of Topliss-reactive ketones (excluding diaryl/α,β-unsaturated/α-hetero) is 1. The average molecular weight is 409 g/mol. The van der Waals surface area contributed by atoms with Crippen LogP contribution in [-0.4, -0.2) is 53.5 Å². The molecule has 1 aromatic rings. The SMILES string of the molecule is CO[C@]12C(=O)CC[C@@]1(CN1C(=O)c3ccccc3C1=O)C2[C@@]1(C)O[C@@H]1CC=C(C)C. The van der Waals surface area contributed by atoms with Gasteiger partial charge in [-0.1, -0.05) is 23.8 Å². The minimum absolute atomic E-state index is 0.0156. The number of nitrogens with zero attached hydrogens (tertiary/aromatic N) is 1. The lowest BCUT2D eigenvalue weighted by molar-refractivity contribution is -0.131. The highest BCUT2D eigenvalue weighted by molar-refractivity contribution is 6.21. The van der Waals surface area contributed by atoms with E-state index in [0.717, 1.165) is 6.42 Å². The first-order valence-corrected chi connectivity index (χ1v) is 10.6. The summed E-state index contributed by atoms with van der Waals surface area (Å²) in [6.07, 6.45) is 3.95. The van der Waals surface area contributed by atoms with Crippen molar-refractivity contribution in [3.8, 4) is 0 Å². The third-order valence-electron chi connectivity index (χ3n) is 7.76. The highest BCUT2D eigenvalue weighted by atomic mass is 16.6.